The Labute approximate surface area is 207 Å². The van der Waals surface area contributed by atoms with Crippen molar-refractivity contribution in [2.75, 3.05) is 27.4 Å². The fourth-order valence-corrected chi connectivity index (χ4v) is 4.53. The number of ether oxygens (including phenoxy) is 3. The summed E-state index contributed by atoms with van der Waals surface area (Å²) in [5.41, 5.74) is 2.30. The summed E-state index contributed by atoms with van der Waals surface area (Å²) < 4.78 is 16.6. The van der Waals surface area contributed by atoms with Gasteiger partial charge in [-0.05, 0) is 54.1 Å². The van der Waals surface area contributed by atoms with Crippen LogP contribution in [0.4, 0.5) is 4.79 Å². The van der Waals surface area contributed by atoms with E-state index in [1.807, 2.05) is 6.07 Å². The number of nitrogens with zero attached hydrogens (tertiary/aromatic N) is 1. The third kappa shape index (κ3) is 6.12. The van der Waals surface area contributed by atoms with Crippen molar-refractivity contribution in [3.05, 3.63) is 74.6 Å². The van der Waals surface area contributed by atoms with Crippen LogP contribution in [0.2, 0.25) is 10.0 Å². The Hall–Kier alpha value is -2.45. The molecule has 0 aliphatic carbocycles. The highest BCUT2D eigenvalue weighted by atomic mass is 35.5. The molecule has 0 radical (unpaired) electrons. The van der Waals surface area contributed by atoms with Crippen molar-refractivity contribution in [3.8, 4) is 11.5 Å². The van der Waals surface area contributed by atoms with E-state index in [4.69, 9.17) is 37.4 Å². The van der Waals surface area contributed by atoms with Gasteiger partial charge in [0.05, 0.1) is 25.2 Å². The predicted molar refractivity (Wildman–Crippen MR) is 132 cm³/mol. The highest BCUT2D eigenvalue weighted by Gasteiger charge is 2.34. The molecule has 0 unspecified atom stereocenters. The van der Waals surface area contributed by atoms with Gasteiger partial charge in [-0.15, -0.1) is 6.58 Å². The number of rotatable bonds is 10. The summed E-state index contributed by atoms with van der Waals surface area (Å²) in [6.07, 6.45) is 3.93. The van der Waals surface area contributed by atoms with Crippen LogP contribution in [0.5, 0.6) is 11.5 Å². The zero-order valence-electron chi connectivity index (χ0n) is 18.2. The lowest BCUT2D eigenvalue weighted by molar-refractivity contribution is -0.123. The molecule has 1 fully saturated rings. The predicted octanol–water partition coefficient (Wildman–Crippen LogP) is 5.99. The normalized spacial score (nSPS) is 14.8. The van der Waals surface area contributed by atoms with Crippen LogP contribution in [0.15, 0.2) is 47.9 Å². The van der Waals surface area contributed by atoms with E-state index in [-0.39, 0.29) is 30.9 Å². The minimum atomic E-state index is -0.344. The summed E-state index contributed by atoms with van der Waals surface area (Å²) in [6.45, 7) is 4.53. The Kier molecular flexibility index (Phi) is 8.86. The average molecular weight is 508 g/mol. The highest BCUT2D eigenvalue weighted by molar-refractivity contribution is 8.18. The quantitative estimate of drug-likeness (QED) is 0.290. The molecule has 9 heteroatoms. The number of carbonyl (C=O) groups excluding carboxylic acids is 2. The third-order valence-electron chi connectivity index (χ3n) is 4.82. The number of imide groups is 1. The van der Waals surface area contributed by atoms with Gasteiger partial charge < -0.3 is 14.2 Å². The maximum atomic E-state index is 12.6. The number of benzene rings is 2. The number of hydrogen-bond donors (Lipinski definition) is 0. The molecule has 0 spiro atoms. The van der Waals surface area contributed by atoms with Gasteiger partial charge >= 0.3 is 0 Å². The van der Waals surface area contributed by atoms with Gasteiger partial charge in [0.1, 0.15) is 6.61 Å². The van der Waals surface area contributed by atoms with E-state index in [1.54, 1.807) is 36.4 Å². The maximum absolute atomic E-state index is 12.6. The van der Waals surface area contributed by atoms with Crippen LogP contribution in [0.3, 0.4) is 0 Å². The molecular formula is C24H23Cl2NO5S. The number of thioether (sulfide) groups is 1. The third-order valence-corrected chi connectivity index (χ3v) is 6.31. The fraction of sp³-hybridized carbons (Fsp3) is 0.250. The smallest absolute Gasteiger partial charge is 0.293 e. The molecule has 0 bridgehead atoms. The van der Waals surface area contributed by atoms with E-state index in [0.717, 1.165) is 22.9 Å². The lowest BCUT2D eigenvalue weighted by Gasteiger charge is -2.16. The second-order valence-corrected chi connectivity index (χ2v) is 8.89. The average Bonchev–Trinajstić information content (AvgIpc) is 3.04. The van der Waals surface area contributed by atoms with Crippen LogP contribution < -0.4 is 9.47 Å². The molecule has 0 N–H and O–H groups in total. The van der Waals surface area contributed by atoms with Crippen molar-refractivity contribution in [2.24, 2.45) is 0 Å². The first-order valence-corrected chi connectivity index (χ1v) is 11.6. The molecule has 2 aromatic rings. The molecular weight excluding hydrogens is 485 g/mol. The molecule has 0 aromatic heterocycles. The van der Waals surface area contributed by atoms with Crippen LogP contribution in [0.25, 0.3) is 6.08 Å². The number of hydrogen-bond acceptors (Lipinski definition) is 6. The van der Waals surface area contributed by atoms with Gasteiger partial charge in [0.25, 0.3) is 11.1 Å². The van der Waals surface area contributed by atoms with Gasteiger partial charge in [0.2, 0.25) is 0 Å². The first kappa shape index (κ1) is 25.2. The van der Waals surface area contributed by atoms with Crippen molar-refractivity contribution < 1.29 is 23.8 Å². The first-order chi connectivity index (χ1) is 15.9. The summed E-state index contributed by atoms with van der Waals surface area (Å²) >= 11 is 13.1. The van der Waals surface area contributed by atoms with Gasteiger partial charge in [-0.3, -0.25) is 14.5 Å². The van der Waals surface area contributed by atoms with Crippen molar-refractivity contribution in [3.63, 3.8) is 0 Å². The van der Waals surface area contributed by atoms with Crippen molar-refractivity contribution in [1.82, 2.24) is 4.90 Å². The molecule has 0 saturated carbocycles. The van der Waals surface area contributed by atoms with Gasteiger partial charge in [0, 0.05) is 28.3 Å². The first-order valence-electron chi connectivity index (χ1n) is 10.0. The van der Waals surface area contributed by atoms with Crippen LogP contribution in [0.1, 0.15) is 16.7 Å². The van der Waals surface area contributed by atoms with Crippen molar-refractivity contribution in [1.29, 1.82) is 0 Å². The van der Waals surface area contributed by atoms with Crippen LogP contribution >= 0.6 is 35.0 Å². The van der Waals surface area contributed by atoms with Crippen LogP contribution in [0, 0.1) is 0 Å². The number of amides is 2. The van der Waals surface area contributed by atoms with Gasteiger partial charge in [-0.2, -0.15) is 0 Å². The SMILES string of the molecule is C=CCc1cc(/C=C2/SC(=O)N(CCOC)C2=O)cc(OC)c1OCc1ccc(Cl)cc1Cl. The van der Waals surface area contributed by atoms with Crippen LogP contribution in [-0.4, -0.2) is 43.4 Å². The van der Waals surface area contributed by atoms with E-state index in [0.29, 0.717) is 38.4 Å². The molecule has 33 heavy (non-hydrogen) atoms. The molecule has 0 atom stereocenters. The molecule has 3 rings (SSSR count). The maximum Gasteiger partial charge on any atom is 0.293 e. The monoisotopic (exact) mass is 507 g/mol. The van der Waals surface area contributed by atoms with E-state index >= 15 is 0 Å². The minimum Gasteiger partial charge on any atom is -0.493 e. The number of halogens is 2. The fourth-order valence-electron chi connectivity index (χ4n) is 3.20. The zero-order valence-corrected chi connectivity index (χ0v) is 20.6. The molecule has 2 aromatic carbocycles. The molecule has 1 saturated heterocycles. The van der Waals surface area contributed by atoms with Crippen LogP contribution in [-0.2, 0) is 22.6 Å². The summed E-state index contributed by atoms with van der Waals surface area (Å²) in [5.74, 6) is 0.696. The summed E-state index contributed by atoms with van der Waals surface area (Å²) in [7, 11) is 3.06. The van der Waals surface area contributed by atoms with E-state index < -0.39 is 0 Å². The van der Waals surface area contributed by atoms with Crippen molar-refractivity contribution >= 4 is 52.2 Å². The second kappa shape index (κ2) is 11.6. The number of allylic oxidation sites excluding steroid dienone is 1. The standard InChI is InChI=1S/C24H23Cl2NO5S/c1-4-5-16-10-15(12-21-23(28)27(8-9-30-2)24(29)33-21)11-20(31-3)22(16)32-14-17-6-7-18(25)13-19(17)26/h4,6-7,10-13H,1,5,8-9,14H2,2-3H3/b21-12+. The summed E-state index contributed by atoms with van der Waals surface area (Å²) in [4.78, 5) is 26.4. The molecule has 2 amide bonds. The summed E-state index contributed by atoms with van der Waals surface area (Å²) in [5, 5.41) is 0.735. The van der Waals surface area contributed by atoms with Crippen molar-refractivity contribution in [2.45, 2.75) is 13.0 Å². The van der Waals surface area contributed by atoms with E-state index in [9.17, 15) is 9.59 Å². The topological polar surface area (TPSA) is 65.1 Å². The van der Waals surface area contributed by atoms with Gasteiger partial charge in [0.15, 0.2) is 11.5 Å². The largest absolute Gasteiger partial charge is 0.493 e. The van der Waals surface area contributed by atoms with E-state index in [1.165, 1.54) is 19.1 Å². The lowest BCUT2D eigenvalue weighted by Crippen LogP contribution is -2.31. The lowest BCUT2D eigenvalue weighted by atomic mass is 10.0. The minimum absolute atomic E-state index is 0.212. The van der Waals surface area contributed by atoms with Gasteiger partial charge in [-0.25, -0.2) is 0 Å². The molecule has 1 aliphatic heterocycles. The Morgan fingerprint density at radius 1 is 1.12 bits per heavy atom. The Morgan fingerprint density at radius 3 is 2.58 bits per heavy atom. The zero-order chi connectivity index (χ0) is 24.0. The number of methoxy groups -OCH3 is 2. The Morgan fingerprint density at radius 2 is 1.91 bits per heavy atom. The second-order valence-electron chi connectivity index (χ2n) is 7.05. The molecule has 6 nitrogen and oxygen atoms in total. The molecule has 1 heterocycles. The Bertz CT molecular complexity index is 1100. The van der Waals surface area contributed by atoms with Gasteiger partial charge in [-0.1, -0.05) is 35.3 Å². The number of carbonyl (C=O) groups is 2. The highest BCUT2D eigenvalue weighted by Crippen LogP contribution is 2.38. The summed E-state index contributed by atoms with van der Waals surface area (Å²) in [6, 6.07) is 8.85. The van der Waals surface area contributed by atoms with E-state index in [2.05, 4.69) is 6.58 Å². The Balaban J connectivity index is 1.90. The molecule has 174 valence electrons. The molecule has 1 aliphatic rings.